The van der Waals surface area contributed by atoms with Crippen molar-refractivity contribution in [3.05, 3.63) is 0 Å². The third kappa shape index (κ3) is 2.91. The van der Waals surface area contributed by atoms with Crippen LogP contribution in [0, 0.1) is 0 Å². The van der Waals surface area contributed by atoms with Crippen LogP contribution in [-0.4, -0.2) is 66.8 Å². The predicted molar refractivity (Wildman–Crippen MR) is 74.0 cm³/mol. The Morgan fingerprint density at radius 2 is 1.22 bits per heavy atom. The van der Waals surface area contributed by atoms with Crippen molar-refractivity contribution in [2.24, 2.45) is 0 Å². The van der Waals surface area contributed by atoms with E-state index in [1.807, 2.05) is 6.92 Å². The summed E-state index contributed by atoms with van der Waals surface area (Å²) in [4.78, 5) is 0. The van der Waals surface area contributed by atoms with Gasteiger partial charge in [0.1, 0.15) is 10.2 Å². The third-order valence-corrected chi connectivity index (χ3v) is 7.01. The van der Waals surface area contributed by atoms with E-state index in [4.69, 9.17) is 14.2 Å². The monoisotopic (exact) mass is 299 g/mol. The van der Waals surface area contributed by atoms with Crippen LogP contribution in [0.1, 0.15) is 27.7 Å². The van der Waals surface area contributed by atoms with E-state index in [-0.39, 0.29) is 12.4 Å². The molecule has 0 aromatic heterocycles. The van der Waals surface area contributed by atoms with Gasteiger partial charge in [0, 0.05) is 21.3 Å². The molecular formula is C12H30ClNO3Si. The molecule has 0 aromatic rings. The predicted octanol–water partition coefficient (Wildman–Crippen LogP) is -2.46. The first-order valence-corrected chi connectivity index (χ1v) is 7.38. The van der Waals surface area contributed by atoms with Crippen LogP contribution in [0.2, 0.25) is 0 Å². The molecular weight excluding hydrogens is 270 g/mol. The smallest absolute Gasteiger partial charge is 0.242 e. The zero-order valence-electron chi connectivity index (χ0n) is 13.2. The maximum absolute atomic E-state index is 5.91. The second-order valence-electron chi connectivity index (χ2n) is 4.63. The Kier molecular flexibility index (Phi) is 8.98. The molecule has 0 aliphatic heterocycles. The van der Waals surface area contributed by atoms with Gasteiger partial charge in [-0.2, -0.15) is 0 Å². The molecule has 1 unspecified atom stereocenters. The molecule has 0 rings (SSSR count). The minimum Gasteiger partial charge on any atom is -1.00 e. The largest absolute Gasteiger partial charge is 1.00 e. The number of rotatable bonds is 8. The van der Waals surface area contributed by atoms with Crippen LogP contribution in [0.3, 0.4) is 0 Å². The van der Waals surface area contributed by atoms with E-state index in [0.29, 0.717) is 0 Å². The fraction of sp³-hybridized carbons (Fsp3) is 1.00. The highest BCUT2D eigenvalue weighted by Crippen LogP contribution is 2.36. The van der Waals surface area contributed by atoms with E-state index in [9.17, 15) is 0 Å². The second kappa shape index (κ2) is 7.82. The van der Waals surface area contributed by atoms with E-state index in [1.165, 1.54) is 0 Å². The minimum absolute atomic E-state index is 0. The number of hydrogen-bond donors (Lipinski definition) is 0. The molecule has 0 radical (unpaired) electrons. The lowest BCUT2D eigenvalue weighted by Crippen LogP contribution is -3.00. The number of nitrogens with zero attached hydrogens (tertiary/aromatic N) is 1. The summed E-state index contributed by atoms with van der Waals surface area (Å²) in [6, 6.07) is 0. The number of methoxy groups -OCH3 is 3. The average molecular weight is 300 g/mol. The molecule has 0 aliphatic rings. The van der Waals surface area contributed by atoms with Gasteiger partial charge in [0.25, 0.3) is 0 Å². The summed E-state index contributed by atoms with van der Waals surface area (Å²) in [6.07, 6.45) is 0. The summed E-state index contributed by atoms with van der Waals surface area (Å²) in [5.41, 5.74) is 0. The van der Waals surface area contributed by atoms with Gasteiger partial charge in [-0.3, -0.25) is 4.48 Å². The first-order valence-electron chi connectivity index (χ1n) is 6.38. The first kappa shape index (κ1) is 20.7. The van der Waals surface area contributed by atoms with Gasteiger partial charge in [0.2, 0.25) is 11.1 Å². The zero-order chi connectivity index (χ0) is 13.7. The molecule has 4 nitrogen and oxygen atoms in total. The summed E-state index contributed by atoms with van der Waals surface area (Å²) in [5, 5.41) is -0.408. The van der Waals surface area contributed by atoms with Gasteiger partial charge in [-0.25, -0.2) is 0 Å². The molecule has 112 valence electrons. The maximum Gasteiger partial charge on any atom is 0.242 e. The van der Waals surface area contributed by atoms with Crippen molar-refractivity contribution in [1.29, 1.82) is 0 Å². The summed E-state index contributed by atoms with van der Waals surface area (Å²) in [5.74, 6) is -0.712. The Balaban J connectivity index is 0. The van der Waals surface area contributed by atoms with Crippen LogP contribution in [0.25, 0.3) is 0 Å². The lowest BCUT2D eigenvalue weighted by molar-refractivity contribution is -0.991. The van der Waals surface area contributed by atoms with Crippen molar-refractivity contribution in [3.63, 3.8) is 0 Å². The van der Waals surface area contributed by atoms with E-state index in [1.54, 1.807) is 21.3 Å². The molecule has 1 atom stereocenters. The van der Waals surface area contributed by atoms with E-state index in [0.717, 1.165) is 34.4 Å². The topological polar surface area (TPSA) is 27.7 Å². The lowest BCUT2D eigenvalue weighted by atomic mass is 10.1. The normalized spacial score (nSPS) is 16.2. The summed E-state index contributed by atoms with van der Waals surface area (Å²) < 4.78 is 18.0. The molecule has 18 heavy (non-hydrogen) atoms. The molecule has 0 aromatic carbocycles. The standard InChI is InChI=1S/C12H30NO3Si.ClH/c1-8-13(9-2,10-3)12(17,16-7)11(4,14-5)15-6;/h8-10H2,1-7,17H3;1H/q+1;/p-1. The Morgan fingerprint density at radius 1 is 0.889 bits per heavy atom. The molecule has 0 bridgehead atoms. The Labute approximate surface area is 121 Å². The highest BCUT2D eigenvalue weighted by atomic mass is 35.5. The van der Waals surface area contributed by atoms with Crippen LogP contribution in [-0.2, 0) is 14.2 Å². The number of quaternary nitrogens is 1. The second-order valence-corrected chi connectivity index (χ2v) is 5.99. The van der Waals surface area contributed by atoms with Crippen LogP contribution >= 0.6 is 0 Å². The number of halogens is 1. The average Bonchev–Trinajstić information content (AvgIpc) is 2.39. The van der Waals surface area contributed by atoms with Crippen molar-refractivity contribution >= 4 is 10.2 Å². The van der Waals surface area contributed by atoms with E-state index < -0.39 is 11.1 Å². The van der Waals surface area contributed by atoms with Gasteiger partial charge in [-0.05, 0) is 27.7 Å². The highest BCUT2D eigenvalue weighted by molar-refractivity contribution is 6.14. The summed E-state index contributed by atoms with van der Waals surface area (Å²) in [6.45, 7) is 11.6. The van der Waals surface area contributed by atoms with Gasteiger partial charge in [0.05, 0.1) is 19.6 Å². The quantitative estimate of drug-likeness (QED) is 0.283. The van der Waals surface area contributed by atoms with Gasteiger partial charge < -0.3 is 26.6 Å². The van der Waals surface area contributed by atoms with Gasteiger partial charge in [-0.1, -0.05) is 0 Å². The fourth-order valence-corrected chi connectivity index (χ4v) is 4.20. The van der Waals surface area contributed by atoms with Crippen molar-refractivity contribution in [2.45, 2.75) is 38.8 Å². The molecule has 0 amide bonds. The Morgan fingerprint density at radius 3 is 1.39 bits per heavy atom. The van der Waals surface area contributed by atoms with Crippen LogP contribution in [0.4, 0.5) is 0 Å². The van der Waals surface area contributed by atoms with Crippen LogP contribution in [0.15, 0.2) is 0 Å². The molecule has 0 fully saturated rings. The molecule has 0 aliphatic carbocycles. The summed E-state index contributed by atoms with van der Waals surface area (Å²) in [7, 11) is 5.96. The number of ether oxygens (including phenoxy) is 3. The SMILES string of the molecule is CC[N+](CC)(CC)C([SiH3])(OC)C(C)(OC)OC.[Cl-]. The van der Waals surface area contributed by atoms with E-state index in [2.05, 4.69) is 20.8 Å². The lowest BCUT2D eigenvalue weighted by Gasteiger charge is -2.55. The number of likely N-dealkylation sites (N-methyl/N-ethyl adjacent to an activating group) is 1. The van der Waals surface area contributed by atoms with Gasteiger partial charge >= 0.3 is 0 Å². The van der Waals surface area contributed by atoms with E-state index >= 15 is 0 Å². The van der Waals surface area contributed by atoms with Crippen LogP contribution < -0.4 is 12.4 Å². The van der Waals surface area contributed by atoms with Crippen molar-refractivity contribution < 1.29 is 31.1 Å². The number of hydrogen-bond acceptors (Lipinski definition) is 3. The van der Waals surface area contributed by atoms with Crippen molar-refractivity contribution in [3.8, 4) is 0 Å². The van der Waals surface area contributed by atoms with Crippen molar-refractivity contribution in [1.82, 2.24) is 0 Å². The molecule has 6 heteroatoms. The molecule has 0 saturated heterocycles. The Bertz CT molecular complexity index is 227. The van der Waals surface area contributed by atoms with Crippen LogP contribution in [0.5, 0.6) is 0 Å². The van der Waals surface area contributed by atoms with Gasteiger partial charge in [-0.15, -0.1) is 0 Å². The minimum atomic E-state index is -0.712. The van der Waals surface area contributed by atoms with Gasteiger partial charge in [0.15, 0.2) is 0 Å². The first-order chi connectivity index (χ1) is 7.86. The van der Waals surface area contributed by atoms with Crippen molar-refractivity contribution in [2.75, 3.05) is 41.0 Å². The zero-order valence-corrected chi connectivity index (χ0v) is 15.9. The molecule has 0 heterocycles. The molecule has 0 spiro atoms. The highest BCUT2D eigenvalue weighted by Gasteiger charge is 2.59. The Hall–Kier alpha value is 0.347. The summed E-state index contributed by atoms with van der Waals surface area (Å²) >= 11 is 0. The fourth-order valence-electron chi connectivity index (χ4n) is 2.85. The third-order valence-electron chi connectivity index (χ3n) is 4.74. The molecule has 0 saturated carbocycles. The maximum atomic E-state index is 5.91. The molecule has 0 N–H and O–H groups in total.